The SMILES string of the molecule is NC(=O)c1cnc2c(c1)CCC2.NCCC[C@@H](N)C(=O)N[C@@H](Cc1cnc2ccccc2c1)C(=O)O. The van der Waals surface area contributed by atoms with Crippen molar-refractivity contribution in [1.82, 2.24) is 15.3 Å². The molecule has 0 radical (unpaired) electrons. The van der Waals surface area contributed by atoms with Gasteiger partial charge < -0.3 is 27.6 Å². The summed E-state index contributed by atoms with van der Waals surface area (Å²) in [5.41, 5.74) is 20.7. The van der Waals surface area contributed by atoms with Gasteiger partial charge in [-0.25, -0.2) is 4.79 Å². The highest BCUT2D eigenvalue weighted by Crippen LogP contribution is 2.20. The maximum atomic E-state index is 12.0. The summed E-state index contributed by atoms with van der Waals surface area (Å²) < 4.78 is 0. The van der Waals surface area contributed by atoms with Gasteiger partial charge in [-0.05, 0) is 68.0 Å². The minimum atomic E-state index is -1.11. The van der Waals surface area contributed by atoms with Gasteiger partial charge in [0.15, 0.2) is 0 Å². The van der Waals surface area contributed by atoms with E-state index in [2.05, 4.69) is 15.3 Å². The molecule has 10 heteroatoms. The summed E-state index contributed by atoms with van der Waals surface area (Å²) in [5.74, 6) is -1.98. The van der Waals surface area contributed by atoms with Crippen molar-refractivity contribution >= 4 is 28.7 Å². The first-order chi connectivity index (χ1) is 17.3. The van der Waals surface area contributed by atoms with Crippen molar-refractivity contribution in [1.29, 1.82) is 0 Å². The monoisotopic (exact) mass is 492 g/mol. The van der Waals surface area contributed by atoms with Crippen LogP contribution in [0.4, 0.5) is 0 Å². The fourth-order valence-corrected chi connectivity index (χ4v) is 3.97. The lowest BCUT2D eigenvalue weighted by molar-refractivity contribution is -0.142. The van der Waals surface area contributed by atoms with Gasteiger partial charge in [0, 0.05) is 29.9 Å². The van der Waals surface area contributed by atoms with Gasteiger partial charge in [0.25, 0.3) is 0 Å². The lowest BCUT2D eigenvalue weighted by Gasteiger charge is -2.18. The molecule has 190 valence electrons. The number of carboxylic acids is 1. The zero-order chi connectivity index (χ0) is 26.1. The van der Waals surface area contributed by atoms with Crippen LogP contribution in [0.2, 0.25) is 0 Å². The standard InChI is InChI=1S/C17H22N4O3.C9H10N2O/c18-7-3-5-13(19)16(22)21-15(17(23)24)9-11-8-12-4-1-2-6-14(12)20-10-11;10-9(12)7-4-6-2-1-3-8(6)11-5-7/h1-2,4,6,8,10,13,15H,3,5,7,9,18-19H2,(H,21,22)(H,23,24);4-5H,1-3H2,(H2,10,12)/t13-,15+;/m1./s1. The Balaban J connectivity index is 0.000000249. The molecule has 0 unspecified atom stereocenters. The molecular formula is C26H32N6O4. The Hall–Kier alpha value is -3.89. The van der Waals surface area contributed by atoms with Gasteiger partial charge in [-0.1, -0.05) is 18.2 Å². The number of aromatic nitrogens is 2. The first-order valence-corrected chi connectivity index (χ1v) is 11.9. The van der Waals surface area contributed by atoms with Crippen LogP contribution in [-0.4, -0.2) is 51.5 Å². The van der Waals surface area contributed by atoms with Gasteiger partial charge in [-0.3, -0.25) is 19.6 Å². The molecular weight excluding hydrogens is 460 g/mol. The Morgan fingerprint density at radius 1 is 1.08 bits per heavy atom. The highest BCUT2D eigenvalue weighted by Gasteiger charge is 2.23. The number of benzene rings is 1. The summed E-state index contributed by atoms with van der Waals surface area (Å²) in [7, 11) is 0. The third kappa shape index (κ3) is 7.30. The quantitative estimate of drug-likeness (QED) is 0.293. The second-order valence-electron chi connectivity index (χ2n) is 8.72. The predicted octanol–water partition coefficient (Wildman–Crippen LogP) is 1.08. The van der Waals surface area contributed by atoms with Crippen molar-refractivity contribution < 1.29 is 19.5 Å². The number of amides is 2. The molecule has 0 saturated heterocycles. The molecule has 8 N–H and O–H groups in total. The number of pyridine rings is 2. The molecule has 0 spiro atoms. The van der Waals surface area contributed by atoms with Crippen LogP contribution in [0.1, 0.15) is 46.4 Å². The number of aliphatic carboxylic acids is 1. The molecule has 3 aromatic rings. The number of para-hydroxylation sites is 1. The summed E-state index contributed by atoms with van der Waals surface area (Å²) in [4.78, 5) is 42.7. The van der Waals surface area contributed by atoms with Crippen LogP contribution >= 0.6 is 0 Å². The number of hydrogen-bond acceptors (Lipinski definition) is 7. The molecule has 2 atom stereocenters. The van der Waals surface area contributed by atoms with Crippen LogP contribution in [0.3, 0.4) is 0 Å². The molecule has 2 amide bonds. The van der Waals surface area contributed by atoms with Crippen LogP contribution in [0.25, 0.3) is 10.9 Å². The number of nitrogens with zero attached hydrogens (tertiary/aromatic N) is 2. The molecule has 0 saturated carbocycles. The van der Waals surface area contributed by atoms with Crippen molar-refractivity contribution in [2.45, 2.75) is 50.6 Å². The highest BCUT2D eigenvalue weighted by molar-refractivity contribution is 5.92. The topological polar surface area (TPSA) is 187 Å². The van der Waals surface area contributed by atoms with E-state index in [1.807, 2.05) is 36.4 Å². The van der Waals surface area contributed by atoms with Crippen LogP contribution in [0.5, 0.6) is 0 Å². The highest BCUT2D eigenvalue weighted by atomic mass is 16.4. The molecule has 0 fully saturated rings. The lowest BCUT2D eigenvalue weighted by Crippen LogP contribution is -2.49. The second-order valence-corrected chi connectivity index (χ2v) is 8.72. The third-order valence-electron chi connectivity index (χ3n) is 5.96. The van der Waals surface area contributed by atoms with E-state index >= 15 is 0 Å². The Kier molecular flexibility index (Phi) is 9.43. The average molecular weight is 493 g/mol. The van der Waals surface area contributed by atoms with E-state index in [-0.39, 0.29) is 6.42 Å². The molecule has 0 aliphatic heterocycles. The molecule has 1 aliphatic rings. The molecule has 1 aliphatic carbocycles. The van der Waals surface area contributed by atoms with Crippen LogP contribution in [-0.2, 0) is 28.9 Å². The number of nitrogens with two attached hydrogens (primary N) is 3. The van der Waals surface area contributed by atoms with Gasteiger partial charge in [0.1, 0.15) is 6.04 Å². The zero-order valence-electron chi connectivity index (χ0n) is 20.0. The van der Waals surface area contributed by atoms with Crippen molar-refractivity contribution in [3.8, 4) is 0 Å². The number of nitrogens with one attached hydrogen (secondary N) is 1. The summed E-state index contributed by atoms with van der Waals surface area (Å²) in [6.07, 6.45) is 7.57. The fourth-order valence-electron chi connectivity index (χ4n) is 3.97. The van der Waals surface area contributed by atoms with Gasteiger partial charge in [0.05, 0.1) is 17.1 Å². The predicted molar refractivity (Wildman–Crippen MR) is 136 cm³/mol. The van der Waals surface area contributed by atoms with Gasteiger partial charge >= 0.3 is 5.97 Å². The summed E-state index contributed by atoms with van der Waals surface area (Å²) >= 11 is 0. The normalized spacial score (nSPS) is 13.7. The molecule has 2 aromatic heterocycles. The van der Waals surface area contributed by atoms with Crippen LogP contribution < -0.4 is 22.5 Å². The van der Waals surface area contributed by atoms with E-state index in [9.17, 15) is 19.5 Å². The smallest absolute Gasteiger partial charge is 0.326 e. The van der Waals surface area contributed by atoms with Crippen molar-refractivity contribution in [2.75, 3.05) is 6.54 Å². The van der Waals surface area contributed by atoms with Crippen LogP contribution in [0.15, 0.2) is 48.8 Å². The average Bonchev–Trinajstić information content (AvgIpc) is 3.35. The Morgan fingerprint density at radius 3 is 2.58 bits per heavy atom. The number of hydrogen-bond donors (Lipinski definition) is 5. The van der Waals surface area contributed by atoms with Crippen molar-refractivity contribution in [3.63, 3.8) is 0 Å². The fraction of sp³-hybridized carbons (Fsp3) is 0.346. The van der Waals surface area contributed by atoms with E-state index < -0.39 is 29.9 Å². The minimum absolute atomic E-state index is 0.141. The minimum Gasteiger partial charge on any atom is -0.480 e. The summed E-state index contributed by atoms with van der Waals surface area (Å²) in [6.45, 7) is 0.437. The molecule has 36 heavy (non-hydrogen) atoms. The third-order valence-corrected chi connectivity index (χ3v) is 5.96. The molecule has 1 aromatic carbocycles. The largest absolute Gasteiger partial charge is 0.480 e. The number of carbonyl (C=O) groups is 3. The molecule has 0 bridgehead atoms. The van der Waals surface area contributed by atoms with E-state index in [1.54, 1.807) is 12.4 Å². The zero-order valence-corrected chi connectivity index (χ0v) is 20.0. The number of carbonyl (C=O) groups excluding carboxylic acids is 2. The summed E-state index contributed by atoms with van der Waals surface area (Å²) in [5, 5.41) is 12.8. The van der Waals surface area contributed by atoms with E-state index in [4.69, 9.17) is 17.2 Å². The first kappa shape index (κ1) is 26.7. The number of aryl methyl sites for hydroxylation is 2. The Morgan fingerprint density at radius 2 is 1.86 bits per heavy atom. The molecule has 4 rings (SSSR count). The number of fused-ring (bicyclic) bond motifs is 2. The second kappa shape index (κ2) is 12.7. The van der Waals surface area contributed by atoms with E-state index in [0.29, 0.717) is 24.9 Å². The Bertz CT molecular complexity index is 1230. The number of rotatable bonds is 9. The maximum Gasteiger partial charge on any atom is 0.326 e. The number of carboxylic acid groups (broad SMARTS) is 1. The van der Waals surface area contributed by atoms with Crippen molar-refractivity contribution in [3.05, 3.63) is 71.2 Å². The van der Waals surface area contributed by atoms with E-state index in [0.717, 1.165) is 41.4 Å². The van der Waals surface area contributed by atoms with E-state index in [1.165, 1.54) is 5.56 Å². The Labute approximate surface area is 209 Å². The lowest BCUT2D eigenvalue weighted by atomic mass is 10.0. The van der Waals surface area contributed by atoms with Gasteiger partial charge in [-0.2, -0.15) is 0 Å². The maximum absolute atomic E-state index is 12.0. The van der Waals surface area contributed by atoms with Gasteiger partial charge in [-0.15, -0.1) is 0 Å². The molecule has 2 heterocycles. The molecule has 10 nitrogen and oxygen atoms in total. The summed E-state index contributed by atoms with van der Waals surface area (Å²) in [6, 6.07) is 9.49. The van der Waals surface area contributed by atoms with Gasteiger partial charge in [0.2, 0.25) is 11.8 Å². The number of primary amides is 1. The first-order valence-electron chi connectivity index (χ1n) is 11.9. The van der Waals surface area contributed by atoms with Crippen LogP contribution in [0, 0.1) is 0 Å². The van der Waals surface area contributed by atoms with Crippen molar-refractivity contribution in [2.24, 2.45) is 17.2 Å².